The Morgan fingerprint density at radius 1 is 1.07 bits per heavy atom. The second-order valence-electron chi connectivity index (χ2n) is 6.78. The van der Waals surface area contributed by atoms with E-state index in [1.165, 1.54) is 0 Å². The molecule has 0 aromatic heterocycles. The van der Waals surface area contributed by atoms with Crippen molar-refractivity contribution in [2.24, 2.45) is 0 Å². The van der Waals surface area contributed by atoms with E-state index in [-0.39, 0.29) is 17.9 Å². The lowest BCUT2D eigenvalue weighted by atomic mass is 10.1. The average molecular weight is 382 g/mol. The lowest BCUT2D eigenvalue weighted by Crippen LogP contribution is -2.40. The molecule has 2 amide bonds. The minimum atomic E-state index is -0.413. The van der Waals surface area contributed by atoms with E-state index in [0.717, 1.165) is 12.8 Å². The van der Waals surface area contributed by atoms with Crippen LogP contribution in [0.3, 0.4) is 0 Å². The fourth-order valence-electron chi connectivity index (χ4n) is 3.22. The van der Waals surface area contributed by atoms with Gasteiger partial charge in [-0.1, -0.05) is 18.2 Å². The zero-order valence-electron chi connectivity index (χ0n) is 15.4. The van der Waals surface area contributed by atoms with Gasteiger partial charge in [0.15, 0.2) is 11.5 Å². The van der Waals surface area contributed by atoms with Crippen molar-refractivity contribution in [2.75, 3.05) is 25.1 Å². The number of fused-ring (bicyclic) bond motifs is 1. The number of carbonyl (C=O) groups excluding carboxylic acids is 2. The topological polar surface area (TPSA) is 85.9 Å². The Bertz CT molecular complexity index is 863. The van der Waals surface area contributed by atoms with Gasteiger partial charge in [-0.3, -0.25) is 9.59 Å². The van der Waals surface area contributed by atoms with E-state index in [2.05, 4.69) is 10.6 Å². The minimum absolute atomic E-state index is 0.179. The Hall–Kier alpha value is -3.06. The van der Waals surface area contributed by atoms with E-state index in [1.54, 1.807) is 24.3 Å². The van der Waals surface area contributed by atoms with Gasteiger partial charge in [-0.15, -0.1) is 0 Å². The van der Waals surface area contributed by atoms with Gasteiger partial charge in [0, 0.05) is 17.9 Å². The van der Waals surface area contributed by atoms with Crippen LogP contribution >= 0.6 is 0 Å². The van der Waals surface area contributed by atoms with E-state index in [0.29, 0.717) is 42.5 Å². The summed E-state index contributed by atoms with van der Waals surface area (Å²) in [7, 11) is 0. The van der Waals surface area contributed by atoms with Crippen LogP contribution in [0.4, 0.5) is 5.69 Å². The van der Waals surface area contributed by atoms with Gasteiger partial charge >= 0.3 is 0 Å². The van der Waals surface area contributed by atoms with E-state index in [4.69, 9.17) is 14.2 Å². The van der Waals surface area contributed by atoms with Crippen molar-refractivity contribution in [1.29, 1.82) is 0 Å². The van der Waals surface area contributed by atoms with Crippen LogP contribution in [-0.2, 0) is 9.53 Å². The number of rotatable bonds is 5. The van der Waals surface area contributed by atoms with E-state index >= 15 is 0 Å². The van der Waals surface area contributed by atoms with Gasteiger partial charge in [0.25, 0.3) is 11.8 Å². The van der Waals surface area contributed by atoms with Gasteiger partial charge in [0.2, 0.25) is 0 Å². The first-order valence-corrected chi connectivity index (χ1v) is 9.38. The number of nitrogens with one attached hydrogen (secondary N) is 2. The normalized spacial score (nSPS) is 20.4. The number of benzene rings is 2. The second-order valence-corrected chi connectivity index (χ2v) is 6.78. The van der Waals surface area contributed by atoms with E-state index in [9.17, 15) is 9.59 Å². The Morgan fingerprint density at radius 2 is 1.93 bits per heavy atom. The van der Waals surface area contributed by atoms with Gasteiger partial charge in [0.1, 0.15) is 18.8 Å². The molecule has 0 radical (unpaired) electrons. The molecule has 0 bridgehead atoms. The molecule has 1 fully saturated rings. The predicted octanol–water partition coefficient (Wildman–Crippen LogP) is 2.37. The first-order valence-electron chi connectivity index (χ1n) is 9.38. The maximum absolute atomic E-state index is 12.5. The van der Waals surface area contributed by atoms with Gasteiger partial charge in [-0.05, 0) is 43.2 Å². The molecule has 7 nitrogen and oxygen atoms in total. The van der Waals surface area contributed by atoms with Crippen LogP contribution < -0.4 is 20.1 Å². The standard InChI is InChI=1S/C21H22N2O5/c24-20(22-12-16-13-27-17-7-1-2-8-18(17)28-16)14-5-3-6-15(11-14)23-21(25)19-9-4-10-26-19/h1-3,5-8,11,16,19H,4,9-10,12-13H2,(H,22,24)(H,23,25). The molecule has 0 aliphatic carbocycles. The average Bonchev–Trinajstić information content (AvgIpc) is 3.27. The van der Waals surface area contributed by atoms with Crippen LogP contribution in [0.25, 0.3) is 0 Å². The Balaban J connectivity index is 1.32. The molecule has 146 valence electrons. The highest BCUT2D eigenvalue weighted by Crippen LogP contribution is 2.30. The van der Waals surface area contributed by atoms with Crippen molar-refractivity contribution >= 4 is 17.5 Å². The molecule has 2 heterocycles. The van der Waals surface area contributed by atoms with Crippen molar-refractivity contribution in [2.45, 2.75) is 25.0 Å². The number of anilines is 1. The molecule has 28 heavy (non-hydrogen) atoms. The summed E-state index contributed by atoms with van der Waals surface area (Å²) in [4.78, 5) is 24.6. The smallest absolute Gasteiger partial charge is 0.253 e. The molecular formula is C21H22N2O5. The molecule has 2 N–H and O–H groups in total. The zero-order valence-corrected chi connectivity index (χ0v) is 15.4. The van der Waals surface area contributed by atoms with Crippen LogP contribution in [0.15, 0.2) is 48.5 Å². The van der Waals surface area contributed by atoms with Crippen molar-refractivity contribution in [1.82, 2.24) is 5.32 Å². The van der Waals surface area contributed by atoms with Gasteiger partial charge in [0.05, 0.1) is 6.54 Å². The Kier molecular flexibility index (Phi) is 5.43. The zero-order chi connectivity index (χ0) is 19.3. The minimum Gasteiger partial charge on any atom is -0.486 e. The molecular weight excluding hydrogens is 360 g/mol. The summed E-state index contributed by atoms with van der Waals surface area (Å²) >= 11 is 0. The lowest BCUT2D eigenvalue weighted by Gasteiger charge is -2.26. The summed E-state index contributed by atoms with van der Waals surface area (Å²) in [5.41, 5.74) is 1.03. The summed E-state index contributed by atoms with van der Waals surface area (Å²) in [6.45, 7) is 1.30. The number of para-hydroxylation sites is 2. The van der Waals surface area contributed by atoms with Crippen LogP contribution in [0.1, 0.15) is 23.2 Å². The summed E-state index contributed by atoms with van der Waals surface area (Å²) in [6, 6.07) is 14.3. The molecule has 2 unspecified atom stereocenters. The highest BCUT2D eigenvalue weighted by atomic mass is 16.6. The van der Waals surface area contributed by atoms with Crippen LogP contribution in [0.2, 0.25) is 0 Å². The molecule has 2 aromatic carbocycles. The van der Waals surface area contributed by atoms with Crippen molar-refractivity contribution in [3.05, 3.63) is 54.1 Å². The van der Waals surface area contributed by atoms with Gasteiger partial charge in [-0.25, -0.2) is 0 Å². The fourth-order valence-corrected chi connectivity index (χ4v) is 3.22. The SMILES string of the molecule is O=C(NCC1COc2ccccc2O1)c1cccc(NC(=O)C2CCCO2)c1. The molecule has 2 aromatic rings. The number of ether oxygens (including phenoxy) is 3. The number of amides is 2. The molecule has 2 aliphatic rings. The van der Waals surface area contributed by atoms with E-state index in [1.807, 2.05) is 24.3 Å². The molecule has 0 saturated carbocycles. The summed E-state index contributed by atoms with van der Waals surface area (Å²) in [5, 5.41) is 5.66. The Labute approximate surface area is 163 Å². The summed E-state index contributed by atoms with van der Waals surface area (Å²) in [6.07, 6.45) is 0.932. The van der Waals surface area contributed by atoms with Crippen molar-refractivity contribution in [3.8, 4) is 11.5 Å². The second kappa shape index (κ2) is 8.31. The molecule has 1 saturated heterocycles. The number of hydrogen-bond acceptors (Lipinski definition) is 5. The molecule has 2 aliphatic heterocycles. The lowest BCUT2D eigenvalue weighted by molar-refractivity contribution is -0.124. The predicted molar refractivity (Wildman–Crippen MR) is 103 cm³/mol. The number of hydrogen-bond donors (Lipinski definition) is 2. The first kappa shape index (κ1) is 18.3. The van der Waals surface area contributed by atoms with Crippen LogP contribution in [-0.4, -0.2) is 43.8 Å². The number of carbonyl (C=O) groups is 2. The highest BCUT2D eigenvalue weighted by molar-refractivity contribution is 5.98. The Morgan fingerprint density at radius 3 is 2.75 bits per heavy atom. The largest absolute Gasteiger partial charge is 0.486 e. The fraction of sp³-hybridized carbons (Fsp3) is 0.333. The van der Waals surface area contributed by atoms with Crippen molar-refractivity contribution < 1.29 is 23.8 Å². The first-order chi connectivity index (χ1) is 13.7. The quantitative estimate of drug-likeness (QED) is 0.829. The third kappa shape index (κ3) is 4.26. The molecule has 2 atom stereocenters. The van der Waals surface area contributed by atoms with Crippen molar-refractivity contribution in [3.63, 3.8) is 0 Å². The van der Waals surface area contributed by atoms with Gasteiger partial charge < -0.3 is 24.8 Å². The van der Waals surface area contributed by atoms with Gasteiger partial charge in [-0.2, -0.15) is 0 Å². The monoisotopic (exact) mass is 382 g/mol. The van der Waals surface area contributed by atoms with Crippen LogP contribution in [0, 0.1) is 0 Å². The van der Waals surface area contributed by atoms with E-state index < -0.39 is 6.10 Å². The highest BCUT2D eigenvalue weighted by Gasteiger charge is 2.24. The third-order valence-electron chi connectivity index (χ3n) is 4.67. The van der Waals surface area contributed by atoms with Crippen LogP contribution in [0.5, 0.6) is 11.5 Å². The molecule has 0 spiro atoms. The maximum atomic E-state index is 12.5. The summed E-state index contributed by atoms with van der Waals surface area (Å²) < 4.78 is 16.9. The molecule has 4 rings (SSSR count). The third-order valence-corrected chi connectivity index (χ3v) is 4.67. The molecule has 7 heteroatoms. The summed E-state index contributed by atoms with van der Waals surface area (Å²) in [5.74, 6) is 0.962. The maximum Gasteiger partial charge on any atom is 0.253 e.